The number of carbonyl (C=O) groups is 2. The molecule has 0 amide bonds. The van der Waals surface area contributed by atoms with Crippen molar-refractivity contribution in [2.24, 2.45) is 11.8 Å². The second-order valence-corrected chi connectivity index (χ2v) is 7.22. The van der Waals surface area contributed by atoms with Gasteiger partial charge < -0.3 is 15.3 Å². The normalized spacial score (nSPS) is 24.9. The number of carbonyl (C=O) groups excluding carboxylic acids is 1. The predicted molar refractivity (Wildman–Crippen MR) is 97.2 cm³/mol. The van der Waals surface area contributed by atoms with Crippen molar-refractivity contribution in [1.29, 1.82) is 0 Å². The number of allylic oxidation sites excluding steroid dienone is 1. The predicted octanol–water partition coefficient (Wildman–Crippen LogP) is 3.48. The first-order valence-electron chi connectivity index (χ1n) is 9.74. The van der Waals surface area contributed by atoms with Crippen LogP contribution in [0.3, 0.4) is 0 Å². The van der Waals surface area contributed by atoms with Crippen molar-refractivity contribution in [3.05, 3.63) is 12.2 Å². The van der Waals surface area contributed by atoms with E-state index in [-0.39, 0.29) is 30.5 Å². The molecule has 1 aliphatic carbocycles. The summed E-state index contributed by atoms with van der Waals surface area (Å²) in [6, 6.07) is 0. The monoisotopic (exact) mass is 354 g/mol. The number of unbranched alkanes of at least 4 members (excludes halogenated alkanes) is 5. The van der Waals surface area contributed by atoms with Gasteiger partial charge in [0.2, 0.25) is 0 Å². The Balaban J connectivity index is 2.39. The molecule has 0 bridgehead atoms. The van der Waals surface area contributed by atoms with Gasteiger partial charge in [0.05, 0.1) is 12.2 Å². The van der Waals surface area contributed by atoms with E-state index >= 15 is 0 Å². The molecule has 25 heavy (non-hydrogen) atoms. The third-order valence-electron chi connectivity index (χ3n) is 5.06. The molecule has 1 aliphatic rings. The Morgan fingerprint density at radius 1 is 1.20 bits per heavy atom. The van der Waals surface area contributed by atoms with Crippen molar-refractivity contribution in [3.63, 3.8) is 0 Å². The molecule has 0 saturated heterocycles. The van der Waals surface area contributed by atoms with Crippen LogP contribution >= 0.6 is 0 Å². The average Bonchev–Trinajstić information content (AvgIpc) is 2.82. The Morgan fingerprint density at radius 3 is 2.60 bits per heavy atom. The van der Waals surface area contributed by atoms with Crippen molar-refractivity contribution >= 4 is 11.8 Å². The summed E-state index contributed by atoms with van der Waals surface area (Å²) in [6.07, 6.45) is 10.8. The standard InChI is InChI=1S/C20H34O5/c1-2-3-6-9-15(21)12-13-17-16(18(22)14-19(17)23)10-7-4-5-8-11-20(24)25/h12-13,15-18,21-22H,2-11,14H2,1H3,(H,24,25)/b13-12+/t15?,16?,17-,18?/m1/s1. The molecule has 0 aliphatic heterocycles. The van der Waals surface area contributed by atoms with E-state index in [1.807, 2.05) is 0 Å². The summed E-state index contributed by atoms with van der Waals surface area (Å²) in [5.41, 5.74) is 0. The minimum atomic E-state index is -0.764. The fraction of sp³-hybridized carbons (Fsp3) is 0.800. The van der Waals surface area contributed by atoms with Crippen molar-refractivity contribution < 1.29 is 24.9 Å². The molecule has 4 atom stereocenters. The summed E-state index contributed by atoms with van der Waals surface area (Å²) in [6.45, 7) is 2.12. The van der Waals surface area contributed by atoms with Crippen molar-refractivity contribution in [2.75, 3.05) is 0 Å². The first-order valence-corrected chi connectivity index (χ1v) is 9.74. The van der Waals surface area contributed by atoms with E-state index in [0.29, 0.717) is 12.8 Å². The summed E-state index contributed by atoms with van der Waals surface area (Å²) in [5, 5.41) is 28.7. The highest BCUT2D eigenvalue weighted by Gasteiger charge is 2.39. The minimum Gasteiger partial charge on any atom is -0.481 e. The van der Waals surface area contributed by atoms with Crippen LogP contribution in [0.15, 0.2) is 12.2 Å². The van der Waals surface area contributed by atoms with Crippen LogP contribution in [0.4, 0.5) is 0 Å². The summed E-state index contributed by atoms with van der Waals surface area (Å²) in [4.78, 5) is 22.6. The van der Waals surface area contributed by atoms with Crippen LogP contribution in [-0.4, -0.2) is 39.3 Å². The number of hydrogen-bond acceptors (Lipinski definition) is 4. The quantitative estimate of drug-likeness (QED) is 0.348. The summed E-state index contributed by atoms with van der Waals surface area (Å²) in [5.74, 6) is -1.08. The van der Waals surface area contributed by atoms with Gasteiger partial charge in [-0.25, -0.2) is 0 Å². The molecular formula is C20H34O5. The number of hydrogen-bond donors (Lipinski definition) is 3. The largest absolute Gasteiger partial charge is 0.481 e. The van der Waals surface area contributed by atoms with E-state index in [4.69, 9.17) is 5.11 Å². The molecule has 3 N–H and O–H groups in total. The zero-order chi connectivity index (χ0) is 18.7. The molecule has 0 aromatic heterocycles. The molecule has 0 heterocycles. The van der Waals surface area contributed by atoms with Gasteiger partial charge >= 0.3 is 5.97 Å². The van der Waals surface area contributed by atoms with Gasteiger partial charge in [-0.1, -0.05) is 57.6 Å². The molecule has 1 fully saturated rings. The summed E-state index contributed by atoms with van der Waals surface area (Å²) in [7, 11) is 0. The highest BCUT2D eigenvalue weighted by molar-refractivity contribution is 5.85. The molecule has 5 heteroatoms. The Hall–Kier alpha value is -1.20. The van der Waals surface area contributed by atoms with Gasteiger partial charge in [-0.3, -0.25) is 9.59 Å². The lowest BCUT2D eigenvalue weighted by molar-refractivity contribution is -0.137. The van der Waals surface area contributed by atoms with Gasteiger partial charge in [-0.05, 0) is 25.2 Å². The number of rotatable bonds is 13. The molecule has 5 nitrogen and oxygen atoms in total. The SMILES string of the molecule is CCCCCC(O)/C=C/[C@H]1C(=O)CC(O)C1CCCCCCC(=O)O. The molecule has 0 radical (unpaired) electrons. The van der Waals surface area contributed by atoms with Crippen LogP contribution in [0.2, 0.25) is 0 Å². The van der Waals surface area contributed by atoms with Gasteiger partial charge in [0.1, 0.15) is 5.78 Å². The van der Waals surface area contributed by atoms with Gasteiger partial charge in [0.15, 0.2) is 0 Å². The van der Waals surface area contributed by atoms with Crippen molar-refractivity contribution in [1.82, 2.24) is 0 Å². The molecule has 0 aromatic rings. The highest BCUT2D eigenvalue weighted by Crippen LogP contribution is 2.34. The lowest BCUT2D eigenvalue weighted by atomic mass is 9.88. The van der Waals surface area contributed by atoms with E-state index < -0.39 is 18.2 Å². The number of aliphatic carboxylic acids is 1. The smallest absolute Gasteiger partial charge is 0.303 e. The molecular weight excluding hydrogens is 320 g/mol. The molecule has 144 valence electrons. The fourth-order valence-corrected chi connectivity index (χ4v) is 3.55. The molecule has 1 rings (SSSR count). The third kappa shape index (κ3) is 8.63. The second kappa shape index (κ2) is 12.2. The lowest BCUT2D eigenvalue weighted by Gasteiger charge is -2.18. The van der Waals surface area contributed by atoms with Gasteiger partial charge in [0, 0.05) is 18.8 Å². The number of carboxylic acid groups (broad SMARTS) is 1. The summed E-state index contributed by atoms with van der Waals surface area (Å²) < 4.78 is 0. The maximum Gasteiger partial charge on any atom is 0.303 e. The second-order valence-electron chi connectivity index (χ2n) is 7.22. The number of aliphatic hydroxyl groups excluding tert-OH is 2. The number of carboxylic acids is 1. The van der Waals surface area contributed by atoms with Crippen LogP contribution in [0, 0.1) is 11.8 Å². The number of aliphatic hydroxyl groups is 2. The van der Waals surface area contributed by atoms with Crippen LogP contribution in [0.5, 0.6) is 0 Å². The average molecular weight is 354 g/mol. The zero-order valence-corrected chi connectivity index (χ0v) is 15.4. The minimum absolute atomic E-state index is 0.0559. The molecule has 1 saturated carbocycles. The van der Waals surface area contributed by atoms with Crippen molar-refractivity contribution in [2.45, 2.75) is 89.8 Å². The first-order chi connectivity index (χ1) is 12.0. The third-order valence-corrected chi connectivity index (χ3v) is 5.06. The van der Waals surface area contributed by atoms with Crippen LogP contribution in [0.25, 0.3) is 0 Å². The van der Waals surface area contributed by atoms with Crippen LogP contribution < -0.4 is 0 Å². The topological polar surface area (TPSA) is 94.8 Å². The Kier molecular flexibility index (Phi) is 10.7. The van der Waals surface area contributed by atoms with E-state index in [9.17, 15) is 19.8 Å². The molecule has 3 unspecified atom stereocenters. The summed E-state index contributed by atoms with van der Waals surface area (Å²) >= 11 is 0. The maximum atomic E-state index is 12.1. The van der Waals surface area contributed by atoms with Crippen LogP contribution in [0.1, 0.15) is 77.6 Å². The zero-order valence-electron chi connectivity index (χ0n) is 15.4. The highest BCUT2D eigenvalue weighted by atomic mass is 16.4. The maximum absolute atomic E-state index is 12.1. The Morgan fingerprint density at radius 2 is 1.92 bits per heavy atom. The Labute approximate surface area is 151 Å². The van der Waals surface area contributed by atoms with Crippen LogP contribution in [-0.2, 0) is 9.59 Å². The first kappa shape index (κ1) is 21.8. The van der Waals surface area contributed by atoms with E-state index in [1.54, 1.807) is 12.2 Å². The van der Waals surface area contributed by atoms with Gasteiger partial charge in [-0.15, -0.1) is 0 Å². The molecule has 0 aromatic carbocycles. The number of ketones is 1. The van der Waals surface area contributed by atoms with E-state index in [2.05, 4.69) is 6.92 Å². The van der Waals surface area contributed by atoms with E-state index in [1.165, 1.54) is 0 Å². The van der Waals surface area contributed by atoms with Crippen molar-refractivity contribution in [3.8, 4) is 0 Å². The van der Waals surface area contributed by atoms with E-state index in [0.717, 1.165) is 44.9 Å². The fourth-order valence-electron chi connectivity index (χ4n) is 3.55. The Bertz CT molecular complexity index is 432. The number of Topliss-reactive ketones (excluding diaryl/α,β-unsaturated/α-hetero) is 1. The lowest BCUT2D eigenvalue weighted by Crippen LogP contribution is -2.19. The van der Waals surface area contributed by atoms with Gasteiger partial charge in [-0.2, -0.15) is 0 Å². The van der Waals surface area contributed by atoms with Gasteiger partial charge in [0.25, 0.3) is 0 Å². The molecule has 0 spiro atoms.